The summed E-state index contributed by atoms with van der Waals surface area (Å²) in [5.41, 5.74) is 7.23. The Balaban J connectivity index is 1.52. The van der Waals surface area contributed by atoms with E-state index in [4.69, 9.17) is 5.73 Å². The van der Waals surface area contributed by atoms with E-state index in [1.54, 1.807) is 68.4 Å². The molecular weight excluding hydrogens is 456 g/mol. The molecule has 2 aliphatic heterocycles. The summed E-state index contributed by atoms with van der Waals surface area (Å²) >= 11 is 1.33. The number of benzene rings is 2. The van der Waals surface area contributed by atoms with Gasteiger partial charge in [-0.15, -0.1) is 11.8 Å². The Kier molecular flexibility index (Phi) is 6.37. The molecule has 9 nitrogen and oxygen atoms in total. The summed E-state index contributed by atoms with van der Waals surface area (Å²) in [5, 5.41) is 14.5. The number of hydrogen-bond donors (Lipinski definition) is 4. The van der Waals surface area contributed by atoms with Crippen molar-refractivity contribution in [3.05, 3.63) is 71.8 Å². The number of nitrogens with two attached hydrogens (primary N) is 1. The van der Waals surface area contributed by atoms with E-state index in [-0.39, 0.29) is 0 Å². The van der Waals surface area contributed by atoms with Gasteiger partial charge in [0.15, 0.2) is 0 Å². The lowest BCUT2D eigenvalue weighted by Crippen LogP contribution is -2.71. The molecule has 5 atom stereocenters. The summed E-state index contributed by atoms with van der Waals surface area (Å²) in [6.07, 6.45) is 0. The van der Waals surface area contributed by atoms with Crippen LogP contribution in [0.1, 0.15) is 37.1 Å². The lowest BCUT2D eigenvalue weighted by molar-refractivity contribution is -0.161. The monoisotopic (exact) mass is 482 g/mol. The van der Waals surface area contributed by atoms with Crippen LogP contribution in [0.3, 0.4) is 0 Å². The molecule has 2 heterocycles. The van der Waals surface area contributed by atoms with Crippen LogP contribution in [0.15, 0.2) is 60.7 Å². The first kappa shape index (κ1) is 23.8. The summed E-state index contributed by atoms with van der Waals surface area (Å²) in [6.45, 7) is 3.53. The van der Waals surface area contributed by atoms with Crippen LogP contribution in [0.4, 0.5) is 0 Å². The summed E-state index contributed by atoms with van der Waals surface area (Å²) in [4.78, 5) is 52.0. The Labute approximate surface area is 201 Å². The second-order valence-corrected chi connectivity index (χ2v) is 10.6. The molecule has 4 rings (SSSR count). The van der Waals surface area contributed by atoms with Gasteiger partial charge in [-0.05, 0) is 25.0 Å². The normalized spacial score (nSPS) is 24.4. The van der Waals surface area contributed by atoms with Crippen molar-refractivity contribution in [3.8, 4) is 0 Å². The first-order valence-corrected chi connectivity index (χ1v) is 11.7. The molecule has 0 aliphatic carbocycles. The highest BCUT2D eigenvalue weighted by atomic mass is 32.2. The molecule has 2 fully saturated rings. The van der Waals surface area contributed by atoms with E-state index in [1.165, 1.54) is 16.7 Å². The van der Waals surface area contributed by atoms with Crippen LogP contribution in [-0.4, -0.2) is 55.9 Å². The van der Waals surface area contributed by atoms with Crippen LogP contribution in [0.5, 0.6) is 0 Å². The minimum Gasteiger partial charge on any atom is -0.480 e. The molecule has 3 amide bonds. The number of aliphatic carboxylic acids is 1. The molecule has 2 saturated heterocycles. The zero-order chi connectivity index (χ0) is 24.6. The number of carboxylic acids is 1. The van der Waals surface area contributed by atoms with Gasteiger partial charge in [-0.3, -0.25) is 14.4 Å². The topological polar surface area (TPSA) is 142 Å². The maximum absolute atomic E-state index is 13.3. The van der Waals surface area contributed by atoms with Crippen molar-refractivity contribution < 1.29 is 24.3 Å². The number of nitrogens with zero attached hydrogens (tertiary/aromatic N) is 1. The Bertz CT molecular complexity index is 1110. The van der Waals surface area contributed by atoms with Crippen LogP contribution in [-0.2, 0) is 19.2 Å². The molecule has 5 N–H and O–H groups in total. The summed E-state index contributed by atoms with van der Waals surface area (Å²) < 4.78 is -0.707. The van der Waals surface area contributed by atoms with E-state index in [1.807, 2.05) is 6.07 Å². The van der Waals surface area contributed by atoms with E-state index >= 15 is 0 Å². The molecule has 0 radical (unpaired) electrons. The summed E-state index contributed by atoms with van der Waals surface area (Å²) in [7, 11) is 0. The average Bonchev–Trinajstić information content (AvgIpc) is 3.09. The Hall–Kier alpha value is -3.37. The smallest absolute Gasteiger partial charge is 0.327 e. The largest absolute Gasteiger partial charge is 0.480 e. The van der Waals surface area contributed by atoms with Crippen LogP contribution >= 0.6 is 11.8 Å². The lowest BCUT2D eigenvalue weighted by atomic mass is 9.95. The van der Waals surface area contributed by atoms with E-state index < -0.39 is 58.0 Å². The zero-order valence-electron chi connectivity index (χ0n) is 18.7. The van der Waals surface area contributed by atoms with Crippen molar-refractivity contribution in [2.24, 2.45) is 5.73 Å². The number of carbonyl (C=O) groups is 4. The molecule has 0 saturated carbocycles. The first-order chi connectivity index (χ1) is 16.1. The van der Waals surface area contributed by atoms with E-state index in [9.17, 15) is 24.3 Å². The quantitative estimate of drug-likeness (QED) is 0.434. The van der Waals surface area contributed by atoms with E-state index in [0.717, 1.165) is 0 Å². The number of β-lactam (4-membered cyclic amide) rings is 1. The van der Waals surface area contributed by atoms with Gasteiger partial charge >= 0.3 is 5.97 Å². The summed E-state index contributed by atoms with van der Waals surface area (Å²) in [6, 6.07) is 13.5. The van der Waals surface area contributed by atoms with Crippen molar-refractivity contribution >= 4 is 35.5 Å². The molecule has 2 aliphatic rings. The molecule has 178 valence electrons. The van der Waals surface area contributed by atoms with Gasteiger partial charge in [-0.2, -0.15) is 0 Å². The van der Waals surface area contributed by atoms with Crippen molar-refractivity contribution in [1.82, 2.24) is 15.5 Å². The molecule has 10 heteroatoms. The molecule has 0 unspecified atom stereocenters. The molecule has 2 aromatic carbocycles. The molecule has 34 heavy (non-hydrogen) atoms. The van der Waals surface area contributed by atoms with E-state index in [0.29, 0.717) is 11.1 Å². The van der Waals surface area contributed by atoms with Crippen LogP contribution in [0.2, 0.25) is 0 Å². The van der Waals surface area contributed by atoms with Gasteiger partial charge in [0.25, 0.3) is 0 Å². The van der Waals surface area contributed by atoms with Gasteiger partial charge in [-0.1, -0.05) is 60.7 Å². The number of nitrogens with one attached hydrogen (secondary N) is 2. The SMILES string of the molecule is CC1(C)S[C@@H]2[C@H](NC(=O)[C@H](NC(=O)[C@H](N)c3ccccc3)c3ccccc3)C(=O)N2[C@H]1C(=O)O. The maximum Gasteiger partial charge on any atom is 0.327 e. The molecule has 0 aromatic heterocycles. The van der Waals surface area contributed by atoms with Gasteiger partial charge in [0.05, 0.1) is 0 Å². The van der Waals surface area contributed by atoms with Crippen LogP contribution in [0.25, 0.3) is 0 Å². The summed E-state index contributed by atoms with van der Waals surface area (Å²) in [5.74, 6) is -2.65. The Morgan fingerprint density at radius 2 is 1.56 bits per heavy atom. The number of thioether (sulfide) groups is 1. The zero-order valence-corrected chi connectivity index (χ0v) is 19.5. The fourth-order valence-corrected chi connectivity index (χ4v) is 6.00. The lowest BCUT2D eigenvalue weighted by Gasteiger charge is -2.44. The average molecular weight is 483 g/mol. The number of carbonyl (C=O) groups excluding carboxylic acids is 3. The predicted octanol–water partition coefficient (Wildman–Crippen LogP) is 1.18. The van der Waals surface area contributed by atoms with Gasteiger partial charge in [0.1, 0.15) is 29.5 Å². The first-order valence-electron chi connectivity index (χ1n) is 10.8. The van der Waals surface area contributed by atoms with Crippen LogP contribution < -0.4 is 16.4 Å². The van der Waals surface area contributed by atoms with E-state index in [2.05, 4.69) is 10.6 Å². The fourth-order valence-electron chi connectivity index (χ4n) is 4.37. The van der Waals surface area contributed by atoms with Crippen molar-refractivity contribution in [2.45, 2.75) is 48.1 Å². The molecule has 2 aromatic rings. The van der Waals surface area contributed by atoms with Crippen molar-refractivity contribution in [3.63, 3.8) is 0 Å². The Morgan fingerprint density at radius 1 is 1.00 bits per heavy atom. The highest BCUT2D eigenvalue weighted by molar-refractivity contribution is 8.01. The minimum atomic E-state index is -1.08. The highest BCUT2D eigenvalue weighted by Crippen LogP contribution is 2.50. The molecule has 0 spiro atoms. The van der Waals surface area contributed by atoms with Gasteiger partial charge in [0, 0.05) is 4.75 Å². The number of amides is 3. The fraction of sp³-hybridized carbons (Fsp3) is 0.333. The second-order valence-electron chi connectivity index (χ2n) is 8.83. The third-order valence-electron chi connectivity index (χ3n) is 6.10. The van der Waals surface area contributed by atoms with Crippen molar-refractivity contribution in [2.75, 3.05) is 0 Å². The molecular formula is C24H26N4O5S. The molecule has 0 bridgehead atoms. The highest BCUT2D eigenvalue weighted by Gasteiger charge is 2.64. The third kappa shape index (κ3) is 4.26. The third-order valence-corrected chi connectivity index (χ3v) is 7.67. The number of fused-ring (bicyclic) bond motifs is 1. The minimum absolute atomic E-state index is 0.456. The number of hydrogen-bond acceptors (Lipinski definition) is 6. The van der Waals surface area contributed by atoms with Gasteiger partial charge in [0.2, 0.25) is 17.7 Å². The van der Waals surface area contributed by atoms with Crippen molar-refractivity contribution in [1.29, 1.82) is 0 Å². The second kappa shape index (κ2) is 9.11. The predicted molar refractivity (Wildman–Crippen MR) is 126 cm³/mol. The number of carboxylic acid groups (broad SMARTS) is 1. The maximum atomic E-state index is 13.3. The number of rotatable bonds is 7. The standard InChI is InChI=1S/C24H26N4O5S/c1-24(2)18(23(32)33)28-21(31)17(22(28)34-24)27-20(30)16(14-11-7-4-8-12-14)26-19(29)15(25)13-9-5-3-6-10-13/h3-12,15-18,22H,25H2,1-2H3,(H,26,29)(H,27,30)(H,32,33)/t15-,16-,17-,18+,22-/m1/s1. The Morgan fingerprint density at radius 3 is 2.12 bits per heavy atom. The van der Waals surface area contributed by atoms with Crippen LogP contribution in [0, 0.1) is 0 Å². The van der Waals surface area contributed by atoms with Gasteiger partial charge < -0.3 is 26.4 Å². The van der Waals surface area contributed by atoms with Gasteiger partial charge in [-0.25, -0.2) is 4.79 Å².